The largest absolute Gasteiger partial charge is 0.447 e. The molecule has 0 spiro atoms. The van der Waals surface area contributed by atoms with Gasteiger partial charge in [-0.2, -0.15) is 0 Å². The van der Waals surface area contributed by atoms with E-state index in [0.717, 1.165) is 0 Å². The van der Waals surface area contributed by atoms with Crippen molar-refractivity contribution in [3.63, 3.8) is 0 Å². The predicted octanol–water partition coefficient (Wildman–Crippen LogP) is 0.872. The molecule has 1 heterocycles. The summed E-state index contributed by atoms with van der Waals surface area (Å²) in [5.41, 5.74) is 0. The Morgan fingerprint density at radius 1 is 1.82 bits per heavy atom. The molecule has 1 atom stereocenters. The number of carbonyl (C=O) groups excluding carboxylic acids is 1. The van der Waals surface area contributed by atoms with E-state index in [1.165, 1.54) is 13.2 Å². The molecule has 1 N–H and O–H groups in total. The lowest BCUT2D eigenvalue weighted by Gasteiger charge is -2.06. The van der Waals surface area contributed by atoms with Gasteiger partial charge in [-0.25, -0.2) is 4.98 Å². The van der Waals surface area contributed by atoms with Gasteiger partial charge in [-0.3, -0.25) is 4.79 Å². The van der Waals surface area contributed by atoms with E-state index in [-0.39, 0.29) is 11.9 Å². The zero-order valence-corrected chi connectivity index (χ0v) is 6.50. The molecule has 0 aliphatic heterocycles. The van der Waals surface area contributed by atoms with Crippen LogP contribution in [0.3, 0.4) is 0 Å². The van der Waals surface area contributed by atoms with Gasteiger partial charge in [0.15, 0.2) is 0 Å². The number of rotatable bonds is 2. The van der Waals surface area contributed by atoms with Crippen LogP contribution in [-0.4, -0.2) is 10.9 Å². The van der Waals surface area contributed by atoms with Crippen LogP contribution in [0.1, 0.15) is 25.8 Å². The maximum atomic E-state index is 10.6. The maximum absolute atomic E-state index is 10.6. The van der Waals surface area contributed by atoms with Gasteiger partial charge in [-0.15, -0.1) is 0 Å². The molecule has 60 valence electrons. The van der Waals surface area contributed by atoms with Crippen molar-refractivity contribution in [1.82, 2.24) is 10.3 Å². The summed E-state index contributed by atoms with van der Waals surface area (Å²) in [6.07, 6.45) is 3.03. The van der Waals surface area contributed by atoms with Crippen LogP contribution in [-0.2, 0) is 4.79 Å². The topological polar surface area (TPSA) is 55.1 Å². The third-order valence-electron chi connectivity index (χ3n) is 1.24. The summed E-state index contributed by atoms with van der Waals surface area (Å²) < 4.78 is 4.97. The second kappa shape index (κ2) is 3.18. The normalized spacial score (nSPS) is 12.5. The molecule has 0 aliphatic rings. The van der Waals surface area contributed by atoms with Gasteiger partial charge >= 0.3 is 0 Å². The maximum Gasteiger partial charge on any atom is 0.217 e. The summed E-state index contributed by atoms with van der Waals surface area (Å²) in [4.78, 5) is 14.5. The molecule has 0 fully saturated rings. The fraction of sp³-hybridized carbons (Fsp3) is 0.429. The minimum atomic E-state index is -0.150. The van der Waals surface area contributed by atoms with Crippen LogP contribution in [0.25, 0.3) is 0 Å². The highest BCUT2D eigenvalue weighted by Crippen LogP contribution is 2.07. The average Bonchev–Trinajstić information content (AvgIpc) is 2.35. The molecule has 4 nitrogen and oxygen atoms in total. The third kappa shape index (κ3) is 2.07. The molecule has 0 saturated carbocycles. The number of oxazole rings is 1. The highest BCUT2D eigenvalue weighted by atomic mass is 16.3. The van der Waals surface area contributed by atoms with Gasteiger partial charge in [0.25, 0.3) is 0 Å². The first kappa shape index (κ1) is 7.78. The Kier molecular flexibility index (Phi) is 2.25. The Bertz CT molecular complexity index is 231. The van der Waals surface area contributed by atoms with Crippen LogP contribution in [0.2, 0.25) is 0 Å². The van der Waals surface area contributed by atoms with Gasteiger partial charge in [0, 0.05) is 6.92 Å². The van der Waals surface area contributed by atoms with Gasteiger partial charge < -0.3 is 9.73 Å². The lowest BCUT2D eigenvalue weighted by atomic mass is 10.3. The van der Waals surface area contributed by atoms with Crippen molar-refractivity contribution in [1.29, 1.82) is 0 Å². The zero-order valence-electron chi connectivity index (χ0n) is 6.50. The van der Waals surface area contributed by atoms with Crippen LogP contribution < -0.4 is 5.32 Å². The molecule has 1 rings (SSSR count). The Balaban J connectivity index is 2.56. The van der Waals surface area contributed by atoms with E-state index in [1.54, 1.807) is 6.20 Å². The molecular formula is C7H10N2O2. The van der Waals surface area contributed by atoms with Gasteiger partial charge in [-0.1, -0.05) is 0 Å². The molecule has 4 heteroatoms. The van der Waals surface area contributed by atoms with E-state index in [4.69, 9.17) is 4.42 Å². The molecule has 1 aromatic heterocycles. The van der Waals surface area contributed by atoms with E-state index in [9.17, 15) is 4.79 Å². The van der Waals surface area contributed by atoms with Crippen molar-refractivity contribution in [2.24, 2.45) is 0 Å². The number of hydrogen-bond donors (Lipinski definition) is 1. The fourth-order valence-electron chi connectivity index (χ4n) is 0.815. The summed E-state index contributed by atoms with van der Waals surface area (Å²) in [6, 6.07) is -0.150. The smallest absolute Gasteiger partial charge is 0.217 e. The summed E-state index contributed by atoms with van der Waals surface area (Å²) >= 11 is 0. The standard InChI is InChI=1S/C7H10N2O2/c1-5(9-6(2)10)7-8-3-4-11-7/h3-5H,1-2H3,(H,9,10)/t5-/m0/s1. The summed E-state index contributed by atoms with van der Waals surface area (Å²) in [5.74, 6) is 0.441. The number of aromatic nitrogens is 1. The van der Waals surface area contributed by atoms with Crippen molar-refractivity contribution in [2.45, 2.75) is 19.9 Å². The molecule has 0 aliphatic carbocycles. The predicted molar refractivity (Wildman–Crippen MR) is 38.7 cm³/mol. The lowest BCUT2D eigenvalue weighted by molar-refractivity contribution is -0.119. The highest BCUT2D eigenvalue weighted by molar-refractivity contribution is 5.73. The highest BCUT2D eigenvalue weighted by Gasteiger charge is 2.09. The summed E-state index contributed by atoms with van der Waals surface area (Å²) in [5, 5.41) is 2.65. The monoisotopic (exact) mass is 154 g/mol. The van der Waals surface area contributed by atoms with E-state index < -0.39 is 0 Å². The minimum Gasteiger partial charge on any atom is -0.447 e. The van der Waals surface area contributed by atoms with E-state index in [0.29, 0.717) is 5.89 Å². The number of carbonyl (C=O) groups is 1. The van der Waals surface area contributed by atoms with Gasteiger partial charge in [-0.05, 0) is 6.92 Å². The first-order valence-corrected chi connectivity index (χ1v) is 3.36. The number of amides is 1. The van der Waals surface area contributed by atoms with Crippen molar-refractivity contribution < 1.29 is 9.21 Å². The SMILES string of the molecule is CC(=O)N[C@@H](C)c1ncco1. The number of hydrogen-bond acceptors (Lipinski definition) is 3. The van der Waals surface area contributed by atoms with Crippen LogP contribution in [0, 0.1) is 0 Å². The van der Waals surface area contributed by atoms with Crippen molar-refractivity contribution in [2.75, 3.05) is 0 Å². The third-order valence-corrected chi connectivity index (χ3v) is 1.24. The van der Waals surface area contributed by atoms with E-state index >= 15 is 0 Å². The van der Waals surface area contributed by atoms with E-state index in [1.807, 2.05) is 6.92 Å². The molecule has 0 aromatic carbocycles. The second-order valence-corrected chi connectivity index (χ2v) is 2.29. The van der Waals surface area contributed by atoms with E-state index in [2.05, 4.69) is 10.3 Å². The molecular weight excluding hydrogens is 144 g/mol. The van der Waals surface area contributed by atoms with Crippen molar-refractivity contribution in [3.05, 3.63) is 18.4 Å². The lowest BCUT2D eigenvalue weighted by Crippen LogP contribution is -2.23. The quantitative estimate of drug-likeness (QED) is 0.687. The Hall–Kier alpha value is -1.32. The fourth-order valence-corrected chi connectivity index (χ4v) is 0.815. The molecule has 0 saturated heterocycles. The van der Waals surface area contributed by atoms with Crippen molar-refractivity contribution in [3.8, 4) is 0 Å². The van der Waals surface area contributed by atoms with Gasteiger partial charge in [0.2, 0.25) is 11.8 Å². The number of nitrogens with one attached hydrogen (secondary N) is 1. The first-order valence-electron chi connectivity index (χ1n) is 3.36. The zero-order chi connectivity index (χ0) is 8.27. The van der Waals surface area contributed by atoms with Crippen LogP contribution >= 0.6 is 0 Å². The summed E-state index contributed by atoms with van der Waals surface area (Å²) in [7, 11) is 0. The minimum absolute atomic E-state index is 0.0873. The van der Waals surface area contributed by atoms with Crippen molar-refractivity contribution >= 4 is 5.91 Å². The number of nitrogens with zero attached hydrogens (tertiary/aromatic N) is 1. The average molecular weight is 154 g/mol. The molecule has 1 aromatic rings. The van der Waals surface area contributed by atoms with Crippen LogP contribution in [0.4, 0.5) is 0 Å². The summed E-state index contributed by atoms with van der Waals surface area (Å²) in [6.45, 7) is 3.27. The first-order chi connectivity index (χ1) is 5.20. The van der Waals surface area contributed by atoms with Gasteiger partial charge in [0.05, 0.1) is 6.20 Å². The molecule has 1 amide bonds. The van der Waals surface area contributed by atoms with Crippen LogP contribution in [0.15, 0.2) is 16.9 Å². The molecule has 0 bridgehead atoms. The molecule has 0 unspecified atom stereocenters. The Morgan fingerprint density at radius 3 is 3.00 bits per heavy atom. The Labute approximate surface area is 64.6 Å². The molecule has 11 heavy (non-hydrogen) atoms. The Morgan fingerprint density at radius 2 is 2.55 bits per heavy atom. The molecule has 0 radical (unpaired) electrons. The second-order valence-electron chi connectivity index (χ2n) is 2.29. The van der Waals surface area contributed by atoms with Gasteiger partial charge in [0.1, 0.15) is 12.3 Å². The van der Waals surface area contributed by atoms with Crippen LogP contribution in [0.5, 0.6) is 0 Å².